The van der Waals surface area contributed by atoms with Gasteiger partial charge in [0.25, 0.3) is 5.91 Å². The van der Waals surface area contributed by atoms with Crippen molar-refractivity contribution in [2.75, 3.05) is 0 Å². The second-order valence-corrected chi connectivity index (χ2v) is 9.20. The number of benzene rings is 1. The van der Waals surface area contributed by atoms with Crippen molar-refractivity contribution in [3.05, 3.63) is 47.2 Å². The van der Waals surface area contributed by atoms with Crippen LogP contribution in [0.4, 0.5) is 8.78 Å². The van der Waals surface area contributed by atoms with Crippen molar-refractivity contribution < 1.29 is 18.7 Å². The standard InChI is InChI=1S/C25H32F2N2O2/c1-16-19(25(31)28-22-9-5-6-10-24(22)30)14-23(20-13-18(26)11-12-21(20)27)29(16)15-17-7-3-2-4-8-17/h11-14,17,22,24,30H,2-10,15H2,1H3,(H,28,31)/t22?,24-/m0/s1. The molecule has 0 bridgehead atoms. The molecule has 0 spiro atoms. The third-order valence-electron chi connectivity index (χ3n) is 7.03. The molecule has 1 aromatic heterocycles. The Kier molecular flexibility index (Phi) is 6.75. The quantitative estimate of drug-likeness (QED) is 0.671. The lowest BCUT2D eigenvalue weighted by molar-refractivity contribution is 0.0716. The predicted molar refractivity (Wildman–Crippen MR) is 117 cm³/mol. The van der Waals surface area contributed by atoms with Crippen molar-refractivity contribution in [1.29, 1.82) is 0 Å². The molecule has 2 aliphatic carbocycles. The highest BCUT2D eigenvalue weighted by atomic mass is 19.1. The lowest BCUT2D eigenvalue weighted by Gasteiger charge is -2.28. The molecule has 0 aliphatic heterocycles. The summed E-state index contributed by atoms with van der Waals surface area (Å²) in [6, 6.07) is 4.86. The minimum absolute atomic E-state index is 0.177. The Bertz CT molecular complexity index is 934. The third-order valence-corrected chi connectivity index (χ3v) is 7.03. The minimum Gasteiger partial charge on any atom is -0.391 e. The number of nitrogens with zero attached hydrogens (tertiary/aromatic N) is 1. The number of aliphatic hydroxyl groups is 1. The van der Waals surface area contributed by atoms with Gasteiger partial charge in [-0.05, 0) is 62.8 Å². The van der Waals surface area contributed by atoms with Crippen molar-refractivity contribution in [3.63, 3.8) is 0 Å². The molecule has 31 heavy (non-hydrogen) atoms. The summed E-state index contributed by atoms with van der Waals surface area (Å²) in [6.07, 6.45) is 8.66. The number of aromatic nitrogens is 1. The van der Waals surface area contributed by atoms with E-state index in [1.165, 1.54) is 25.3 Å². The first kappa shape index (κ1) is 22.0. The van der Waals surface area contributed by atoms with Crippen molar-refractivity contribution in [2.45, 2.75) is 83.4 Å². The maximum atomic E-state index is 14.7. The van der Waals surface area contributed by atoms with E-state index in [0.717, 1.165) is 49.9 Å². The third kappa shape index (κ3) is 4.84. The van der Waals surface area contributed by atoms with Gasteiger partial charge in [0.05, 0.1) is 23.4 Å². The first-order valence-corrected chi connectivity index (χ1v) is 11.6. The highest BCUT2D eigenvalue weighted by Crippen LogP contribution is 2.33. The highest BCUT2D eigenvalue weighted by Gasteiger charge is 2.28. The molecule has 1 aromatic carbocycles. The van der Waals surface area contributed by atoms with Gasteiger partial charge in [-0.15, -0.1) is 0 Å². The smallest absolute Gasteiger partial charge is 0.253 e. The minimum atomic E-state index is -0.539. The van der Waals surface area contributed by atoms with Gasteiger partial charge in [-0.2, -0.15) is 0 Å². The second-order valence-electron chi connectivity index (χ2n) is 9.20. The van der Waals surface area contributed by atoms with Crippen LogP contribution in [0, 0.1) is 24.5 Å². The molecular weight excluding hydrogens is 398 g/mol. The Morgan fingerprint density at radius 1 is 1.06 bits per heavy atom. The molecule has 168 valence electrons. The van der Waals surface area contributed by atoms with E-state index in [4.69, 9.17) is 0 Å². The van der Waals surface area contributed by atoms with Crippen LogP contribution in [0.3, 0.4) is 0 Å². The van der Waals surface area contributed by atoms with E-state index in [9.17, 15) is 18.7 Å². The molecule has 1 heterocycles. The van der Waals surface area contributed by atoms with Gasteiger partial charge in [0.15, 0.2) is 0 Å². The summed E-state index contributed by atoms with van der Waals surface area (Å²) in [6.45, 7) is 2.56. The monoisotopic (exact) mass is 430 g/mol. The topological polar surface area (TPSA) is 54.3 Å². The highest BCUT2D eigenvalue weighted by molar-refractivity contribution is 5.97. The molecule has 2 N–H and O–H groups in total. The fraction of sp³-hybridized carbons (Fsp3) is 0.560. The van der Waals surface area contributed by atoms with Gasteiger partial charge in [0, 0.05) is 17.8 Å². The normalized spacial score (nSPS) is 22.5. The van der Waals surface area contributed by atoms with E-state index < -0.39 is 17.7 Å². The van der Waals surface area contributed by atoms with Crippen molar-refractivity contribution >= 4 is 5.91 Å². The summed E-state index contributed by atoms with van der Waals surface area (Å²) < 4.78 is 30.6. The van der Waals surface area contributed by atoms with Crippen LogP contribution in [0.2, 0.25) is 0 Å². The molecule has 0 saturated heterocycles. The summed E-state index contributed by atoms with van der Waals surface area (Å²) in [5, 5.41) is 13.2. The molecule has 4 rings (SSSR count). The molecule has 2 fully saturated rings. The number of hydrogen-bond acceptors (Lipinski definition) is 2. The van der Waals surface area contributed by atoms with Crippen LogP contribution in [-0.4, -0.2) is 27.7 Å². The molecule has 2 atom stereocenters. The van der Waals surface area contributed by atoms with E-state index in [0.29, 0.717) is 30.1 Å². The maximum absolute atomic E-state index is 14.7. The van der Waals surface area contributed by atoms with Crippen LogP contribution in [0.1, 0.15) is 73.8 Å². The molecule has 1 unspecified atom stereocenters. The lowest BCUT2D eigenvalue weighted by Crippen LogP contribution is -2.45. The summed E-state index contributed by atoms with van der Waals surface area (Å²) in [4.78, 5) is 13.1. The van der Waals surface area contributed by atoms with E-state index in [1.807, 2.05) is 11.5 Å². The molecule has 2 saturated carbocycles. The van der Waals surface area contributed by atoms with Crippen LogP contribution in [0.5, 0.6) is 0 Å². The average Bonchev–Trinajstić information content (AvgIpc) is 3.08. The van der Waals surface area contributed by atoms with Gasteiger partial charge in [0.2, 0.25) is 0 Å². The number of rotatable bonds is 5. The molecule has 2 aromatic rings. The number of hydrogen-bond donors (Lipinski definition) is 2. The summed E-state index contributed by atoms with van der Waals surface area (Å²) >= 11 is 0. The van der Waals surface area contributed by atoms with Crippen molar-refractivity contribution in [3.8, 4) is 11.3 Å². The Morgan fingerprint density at radius 2 is 1.77 bits per heavy atom. The number of nitrogens with one attached hydrogen (secondary N) is 1. The van der Waals surface area contributed by atoms with Gasteiger partial charge in [0.1, 0.15) is 11.6 Å². The molecule has 0 radical (unpaired) electrons. The van der Waals surface area contributed by atoms with Gasteiger partial charge in [-0.25, -0.2) is 8.78 Å². The first-order valence-electron chi connectivity index (χ1n) is 11.6. The largest absolute Gasteiger partial charge is 0.391 e. The zero-order valence-corrected chi connectivity index (χ0v) is 18.2. The molecule has 4 nitrogen and oxygen atoms in total. The van der Waals surface area contributed by atoms with Crippen LogP contribution in [-0.2, 0) is 6.54 Å². The van der Waals surface area contributed by atoms with Gasteiger partial charge < -0.3 is 15.0 Å². The van der Waals surface area contributed by atoms with E-state index >= 15 is 0 Å². The number of carbonyl (C=O) groups excluding carboxylic acids is 1. The number of halogens is 2. The molecule has 2 aliphatic rings. The zero-order chi connectivity index (χ0) is 22.0. The number of amides is 1. The van der Waals surface area contributed by atoms with E-state index in [-0.39, 0.29) is 17.5 Å². The Hall–Kier alpha value is -2.21. The molecule has 1 amide bonds. The van der Waals surface area contributed by atoms with Gasteiger partial charge >= 0.3 is 0 Å². The van der Waals surface area contributed by atoms with Crippen molar-refractivity contribution in [2.24, 2.45) is 5.92 Å². The van der Waals surface area contributed by atoms with Crippen LogP contribution >= 0.6 is 0 Å². The fourth-order valence-electron chi connectivity index (χ4n) is 5.18. The lowest BCUT2D eigenvalue weighted by atomic mass is 9.89. The number of carbonyl (C=O) groups is 1. The predicted octanol–water partition coefficient (Wildman–Crippen LogP) is 5.36. The van der Waals surface area contributed by atoms with Gasteiger partial charge in [-0.1, -0.05) is 32.1 Å². The van der Waals surface area contributed by atoms with E-state index in [2.05, 4.69) is 5.32 Å². The summed E-state index contributed by atoms with van der Waals surface area (Å²) in [5.41, 5.74) is 1.93. The van der Waals surface area contributed by atoms with Gasteiger partial charge in [-0.3, -0.25) is 4.79 Å². The van der Waals surface area contributed by atoms with Crippen molar-refractivity contribution in [1.82, 2.24) is 9.88 Å². The van der Waals surface area contributed by atoms with Crippen LogP contribution in [0.15, 0.2) is 24.3 Å². The second kappa shape index (κ2) is 9.51. The van der Waals surface area contributed by atoms with Crippen LogP contribution < -0.4 is 5.32 Å². The van der Waals surface area contributed by atoms with Crippen LogP contribution in [0.25, 0.3) is 11.3 Å². The Labute approximate surface area is 182 Å². The zero-order valence-electron chi connectivity index (χ0n) is 18.2. The first-order chi connectivity index (χ1) is 14.9. The summed E-state index contributed by atoms with van der Waals surface area (Å²) in [5.74, 6) is -0.801. The summed E-state index contributed by atoms with van der Waals surface area (Å²) in [7, 11) is 0. The molecular formula is C25H32F2N2O2. The Morgan fingerprint density at radius 3 is 2.52 bits per heavy atom. The SMILES string of the molecule is Cc1c(C(=O)NC2CCCC[C@@H]2O)cc(-c2cc(F)ccc2F)n1CC1CCCCC1. The maximum Gasteiger partial charge on any atom is 0.253 e. The average molecular weight is 431 g/mol. The number of aliphatic hydroxyl groups excluding tert-OH is 1. The molecule has 6 heteroatoms. The van der Waals surface area contributed by atoms with E-state index in [1.54, 1.807) is 6.07 Å². The Balaban J connectivity index is 1.68. The fourth-order valence-corrected chi connectivity index (χ4v) is 5.18.